The number of hydrogen-bond donors (Lipinski definition) is 2. The van der Waals surface area contributed by atoms with Crippen molar-refractivity contribution < 1.29 is 5.11 Å². The van der Waals surface area contributed by atoms with Crippen LogP contribution in [-0.2, 0) is 0 Å². The van der Waals surface area contributed by atoms with Crippen molar-refractivity contribution in [3.05, 3.63) is 35.9 Å². The highest BCUT2D eigenvalue weighted by Crippen LogP contribution is 2.18. The van der Waals surface area contributed by atoms with Gasteiger partial charge in [0.15, 0.2) is 0 Å². The van der Waals surface area contributed by atoms with Gasteiger partial charge in [-0.15, -0.1) is 0 Å². The molecule has 2 nitrogen and oxygen atoms in total. The van der Waals surface area contributed by atoms with Gasteiger partial charge >= 0.3 is 0 Å². The zero-order valence-corrected chi connectivity index (χ0v) is 9.39. The molecule has 0 fully saturated rings. The van der Waals surface area contributed by atoms with Crippen molar-refractivity contribution in [2.75, 3.05) is 0 Å². The van der Waals surface area contributed by atoms with Crippen LogP contribution in [0.25, 0.3) is 0 Å². The summed E-state index contributed by atoms with van der Waals surface area (Å²) in [6.07, 6.45) is 3.84. The Morgan fingerprint density at radius 2 is 1.87 bits per heavy atom. The van der Waals surface area contributed by atoms with Crippen molar-refractivity contribution in [2.45, 2.75) is 44.8 Å². The molecule has 0 bridgehead atoms. The van der Waals surface area contributed by atoms with E-state index in [-0.39, 0.29) is 6.04 Å². The van der Waals surface area contributed by atoms with Gasteiger partial charge in [-0.05, 0) is 12.0 Å². The summed E-state index contributed by atoms with van der Waals surface area (Å²) >= 11 is 0. The number of aliphatic hydroxyl groups excluding tert-OH is 1. The fraction of sp³-hybridized carbons (Fsp3) is 0.538. The van der Waals surface area contributed by atoms with E-state index in [0.29, 0.717) is 0 Å². The van der Waals surface area contributed by atoms with Crippen molar-refractivity contribution in [1.82, 2.24) is 0 Å². The molecular formula is C13H21NO. The van der Waals surface area contributed by atoms with E-state index in [1.807, 2.05) is 30.3 Å². The molecule has 0 heterocycles. The van der Waals surface area contributed by atoms with E-state index in [1.54, 1.807) is 0 Å². The lowest BCUT2D eigenvalue weighted by molar-refractivity contribution is 0.141. The molecule has 0 saturated heterocycles. The van der Waals surface area contributed by atoms with Crippen LogP contribution in [0.4, 0.5) is 0 Å². The average molecular weight is 207 g/mol. The van der Waals surface area contributed by atoms with E-state index in [4.69, 9.17) is 5.73 Å². The smallest absolute Gasteiger partial charge is 0.0940 e. The standard InChI is InChI=1S/C13H21NO/c1-2-3-5-10-12(14)13(15)11-8-6-4-7-9-11/h4,6-9,12-13,15H,2-3,5,10,14H2,1H3. The van der Waals surface area contributed by atoms with Crippen LogP contribution in [0.2, 0.25) is 0 Å². The summed E-state index contributed by atoms with van der Waals surface area (Å²) in [5.74, 6) is 0. The first kappa shape index (κ1) is 12.2. The van der Waals surface area contributed by atoms with Crippen LogP contribution in [-0.4, -0.2) is 11.1 Å². The molecule has 1 rings (SSSR count). The summed E-state index contributed by atoms with van der Waals surface area (Å²) in [5.41, 5.74) is 6.86. The van der Waals surface area contributed by atoms with Crippen molar-refractivity contribution in [3.63, 3.8) is 0 Å². The van der Waals surface area contributed by atoms with Gasteiger partial charge in [0.1, 0.15) is 0 Å². The summed E-state index contributed by atoms with van der Waals surface area (Å²) in [6, 6.07) is 9.50. The molecule has 1 aromatic rings. The van der Waals surface area contributed by atoms with Crippen molar-refractivity contribution in [2.24, 2.45) is 5.73 Å². The molecule has 15 heavy (non-hydrogen) atoms. The van der Waals surface area contributed by atoms with Gasteiger partial charge in [-0.1, -0.05) is 56.5 Å². The third-order valence-electron chi connectivity index (χ3n) is 2.69. The monoisotopic (exact) mass is 207 g/mol. The highest BCUT2D eigenvalue weighted by molar-refractivity contribution is 5.18. The maximum atomic E-state index is 9.96. The quantitative estimate of drug-likeness (QED) is 0.704. The molecule has 0 spiro atoms. The van der Waals surface area contributed by atoms with Gasteiger partial charge in [0.05, 0.1) is 6.10 Å². The number of unbranched alkanes of at least 4 members (excludes halogenated alkanes) is 2. The van der Waals surface area contributed by atoms with Crippen LogP contribution in [0, 0.1) is 0 Å². The number of nitrogens with two attached hydrogens (primary N) is 1. The molecule has 84 valence electrons. The summed E-state index contributed by atoms with van der Waals surface area (Å²) in [7, 11) is 0. The maximum Gasteiger partial charge on any atom is 0.0940 e. The highest BCUT2D eigenvalue weighted by Gasteiger charge is 2.15. The zero-order valence-electron chi connectivity index (χ0n) is 9.39. The number of rotatable bonds is 6. The summed E-state index contributed by atoms with van der Waals surface area (Å²) in [6.45, 7) is 2.17. The van der Waals surface area contributed by atoms with Crippen molar-refractivity contribution in [3.8, 4) is 0 Å². The van der Waals surface area contributed by atoms with Crippen LogP contribution < -0.4 is 5.73 Å². The first-order chi connectivity index (χ1) is 7.25. The minimum absolute atomic E-state index is 0.140. The van der Waals surface area contributed by atoms with Crippen LogP contribution >= 0.6 is 0 Å². The van der Waals surface area contributed by atoms with E-state index >= 15 is 0 Å². The summed E-state index contributed by atoms with van der Waals surface area (Å²) in [4.78, 5) is 0. The zero-order chi connectivity index (χ0) is 11.1. The Hall–Kier alpha value is -0.860. The van der Waals surface area contributed by atoms with Gasteiger partial charge in [-0.3, -0.25) is 0 Å². The third kappa shape index (κ3) is 4.02. The van der Waals surface area contributed by atoms with Crippen LogP contribution in [0.3, 0.4) is 0 Å². The molecule has 2 atom stereocenters. The van der Waals surface area contributed by atoms with Gasteiger partial charge in [-0.25, -0.2) is 0 Å². The molecule has 0 amide bonds. The number of hydrogen-bond acceptors (Lipinski definition) is 2. The van der Waals surface area contributed by atoms with Crippen LogP contribution in [0.5, 0.6) is 0 Å². The third-order valence-corrected chi connectivity index (χ3v) is 2.69. The lowest BCUT2D eigenvalue weighted by atomic mass is 9.98. The predicted octanol–water partition coefficient (Wildman–Crippen LogP) is 2.63. The molecule has 0 aliphatic rings. The second kappa shape index (κ2) is 6.59. The van der Waals surface area contributed by atoms with E-state index in [1.165, 1.54) is 12.8 Å². The van der Waals surface area contributed by atoms with E-state index in [2.05, 4.69) is 6.92 Å². The molecular weight excluding hydrogens is 186 g/mol. The topological polar surface area (TPSA) is 46.2 Å². The largest absolute Gasteiger partial charge is 0.387 e. The Morgan fingerprint density at radius 3 is 2.47 bits per heavy atom. The second-order valence-electron chi connectivity index (χ2n) is 4.02. The van der Waals surface area contributed by atoms with Gasteiger partial charge in [0, 0.05) is 6.04 Å². The molecule has 3 N–H and O–H groups in total. The van der Waals surface area contributed by atoms with E-state index < -0.39 is 6.10 Å². The first-order valence-corrected chi connectivity index (χ1v) is 5.74. The fourth-order valence-electron chi connectivity index (χ4n) is 1.69. The average Bonchev–Trinajstić information content (AvgIpc) is 2.29. The molecule has 1 aromatic carbocycles. The van der Waals surface area contributed by atoms with Crippen LogP contribution in [0.1, 0.15) is 44.3 Å². The fourth-order valence-corrected chi connectivity index (χ4v) is 1.69. The minimum Gasteiger partial charge on any atom is -0.387 e. The van der Waals surface area contributed by atoms with Crippen molar-refractivity contribution >= 4 is 0 Å². The minimum atomic E-state index is -0.525. The highest BCUT2D eigenvalue weighted by atomic mass is 16.3. The molecule has 0 saturated carbocycles. The Bertz CT molecular complexity index is 260. The summed E-state index contributed by atoms with van der Waals surface area (Å²) < 4.78 is 0. The summed E-state index contributed by atoms with van der Waals surface area (Å²) in [5, 5.41) is 9.96. The number of benzene rings is 1. The lowest BCUT2D eigenvalue weighted by Gasteiger charge is -2.18. The molecule has 2 unspecified atom stereocenters. The molecule has 0 radical (unpaired) electrons. The van der Waals surface area contributed by atoms with Crippen LogP contribution in [0.15, 0.2) is 30.3 Å². The van der Waals surface area contributed by atoms with Gasteiger partial charge < -0.3 is 10.8 Å². The van der Waals surface area contributed by atoms with Gasteiger partial charge in [0.25, 0.3) is 0 Å². The molecule has 0 aromatic heterocycles. The Kier molecular flexibility index (Phi) is 5.37. The first-order valence-electron chi connectivity index (χ1n) is 5.74. The normalized spacial score (nSPS) is 14.9. The van der Waals surface area contributed by atoms with E-state index in [9.17, 15) is 5.11 Å². The second-order valence-corrected chi connectivity index (χ2v) is 4.02. The number of aliphatic hydroxyl groups is 1. The predicted molar refractivity (Wildman–Crippen MR) is 63.5 cm³/mol. The Labute approximate surface area is 92.1 Å². The molecule has 0 aliphatic carbocycles. The Balaban J connectivity index is 2.42. The Morgan fingerprint density at radius 1 is 1.20 bits per heavy atom. The van der Waals surface area contributed by atoms with E-state index in [0.717, 1.165) is 18.4 Å². The molecule has 0 aliphatic heterocycles. The lowest BCUT2D eigenvalue weighted by Crippen LogP contribution is -2.28. The van der Waals surface area contributed by atoms with Gasteiger partial charge in [0.2, 0.25) is 0 Å². The van der Waals surface area contributed by atoms with Gasteiger partial charge in [-0.2, -0.15) is 0 Å². The molecule has 2 heteroatoms. The SMILES string of the molecule is CCCCCC(N)C(O)c1ccccc1. The maximum absolute atomic E-state index is 9.96. The van der Waals surface area contributed by atoms with Crippen molar-refractivity contribution in [1.29, 1.82) is 0 Å².